The Labute approximate surface area is 191 Å². The van der Waals surface area contributed by atoms with Gasteiger partial charge in [0.15, 0.2) is 0 Å². The summed E-state index contributed by atoms with van der Waals surface area (Å²) in [6.07, 6.45) is 2.34. The van der Waals surface area contributed by atoms with Crippen LogP contribution in [0.15, 0.2) is 41.5 Å². The molecule has 1 aromatic carbocycles. The van der Waals surface area contributed by atoms with E-state index in [1.807, 2.05) is 11.8 Å². The van der Waals surface area contributed by atoms with Crippen LogP contribution < -0.4 is 10.9 Å². The molecule has 31 heavy (non-hydrogen) atoms. The van der Waals surface area contributed by atoms with Crippen LogP contribution in [0, 0.1) is 0 Å². The summed E-state index contributed by atoms with van der Waals surface area (Å²) < 4.78 is 2.01. The minimum atomic E-state index is -0.320. The van der Waals surface area contributed by atoms with Crippen LogP contribution in [0.4, 0.5) is 5.69 Å². The van der Waals surface area contributed by atoms with Crippen molar-refractivity contribution in [3.8, 4) is 0 Å². The van der Waals surface area contributed by atoms with Gasteiger partial charge in [0.25, 0.3) is 5.56 Å². The van der Waals surface area contributed by atoms with E-state index in [2.05, 4.69) is 30.2 Å². The van der Waals surface area contributed by atoms with Crippen molar-refractivity contribution in [3.63, 3.8) is 0 Å². The molecule has 0 saturated heterocycles. The molecule has 6 nitrogen and oxygen atoms in total. The van der Waals surface area contributed by atoms with Crippen LogP contribution >= 0.6 is 34.7 Å². The third-order valence-electron chi connectivity index (χ3n) is 5.24. The van der Waals surface area contributed by atoms with Crippen molar-refractivity contribution in [2.24, 2.45) is 0 Å². The molecule has 3 aromatic heterocycles. The predicted molar refractivity (Wildman–Crippen MR) is 128 cm³/mol. The molecule has 4 aromatic rings. The normalized spacial score (nSPS) is 15.2. The summed E-state index contributed by atoms with van der Waals surface area (Å²) in [5, 5.41) is 4.19. The Bertz CT molecular complexity index is 1410. The van der Waals surface area contributed by atoms with Crippen LogP contribution in [0.5, 0.6) is 0 Å². The highest BCUT2D eigenvalue weighted by Crippen LogP contribution is 2.40. The maximum atomic E-state index is 13.1. The first-order valence-corrected chi connectivity index (χ1v) is 12.0. The van der Waals surface area contributed by atoms with E-state index in [-0.39, 0.29) is 22.8 Å². The first-order valence-electron chi connectivity index (χ1n) is 9.79. The second-order valence-electron chi connectivity index (χ2n) is 8.19. The van der Waals surface area contributed by atoms with Gasteiger partial charge in [-0.25, -0.2) is 9.97 Å². The molecule has 1 N–H and O–H groups in total. The van der Waals surface area contributed by atoms with Gasteiger partial charge < -0.3 is 5.32 Å². The largest absolute Gasteiger partial charge is 0.324 e. The zero-order valence-corrected chi connectivity index (χ0v) is 19.3. The number of benzene rings is 1. The number of nitrogens with zero attached hydrogens (tertiary/aromatic N) is 3. The van der Waals surface area contributed by atoms with E-state index in [0.29, 0.717) is 20.9 Å². The highest BCUT2D eigenvalue weighted by atomic mass is 35.5. The van der Waals surface area contributed by atoms with Crippen molar-refractivity contribution in [2.75, 3.05) is 5.32 Å². The Morgan fingerprint density at radius 3 is 2.97 bits per heavy atom. The molecule has 1 aliphatic heterocycles. The molecule has 9 heteroatoms. The summed E-state index contributed by atoms with van der Waals surface area (Å²) in [6, 6.07) is 9.00. The number of nitrogens with one attached hydrogen (secondary N) is 1. The number of amides is 1. The molecule has 0 unspecified atom stereocenters. The van der Waals surface area contributed by atoms with Crippen LogP contribution in [-0.2, 0) is 23.5 Å². The number of thiophene rings is 1. The smallest absolute Gasteiger partial charge is 0.271 e. The summed E-state index contributed by atoms with van der Waals surface area (Å²) in [4.78, 5) is 35.7. The molecule has 0 aliphatic carbocycles. The molecule has 158 valence electrons. The van der Waals surface area contributed by atoms with Crippen molar-refractivity contribution in [1.29, 1.82) is 0 Å². The van der Waals surface area contributed by atoms with E-state index in [1.54, 1.807) is 24.3 Å². The number of carbonyl (C=O) groups excluding carboxylic acids is 1. The number of hydrogen-bond acceptors (Lipinski definition) is 6. The molecule has 0 spiro atoms. The number of aromatic nitrogens is 3. The summed E-state index contributed by atoms with van der Waals surface area (Å²) in [7, 11) is 0. The number of thioether (sulfide) groups is 1. The van der Waals surface area contributed by atoms with Gasteiger partial charge in [0, 0.05) is 38.7 Å². The minimum Gasteiger partial charge on any atom is -0.324 e. The highest BCUT2D eigenvalue weighted by Gasteiger charge is 2.28. The number of pyridine rings is 1. The Kier molecular flexibility index (Phi) is 5.03. The zero-order chi connectivity index (χ0) is 21.8. The fourth-order valence-electron chi connectivity index (χ4n) is 3.71. The molecule has 0 bridgehead atoms. The maximum Gasteiger partial charge on any atom is 0.271 e. The van der Waals surface area contributed by atoms with E-state index >= 15 is 0 Å². The van der Waals surface area contributed by atoms with Gasteiger partial charge in [0.1, 0.15) is 16.1 Å². The van der Waals surface area contributed by atoms with Crippen molar-refractivity contribution < 1.29 is 4.79 Å². The topological polar surface area (TPSA) is 76.9 Å². The van der Waals surface area contributed by atoms with Gasteiger partial charge in [-0.15, -0.1) is 11.3 Å². The average Bonchev–Trinajstić information content (AvgIpc) is 3.06. The van der Waals surface area contributed by atoms with Crippen LogP contribution in [0.2, 0.25) is 5.02 Å². The monoisotopic (exact) mass is 470 g/mol. The molecule has 1 amide bonds. The van der Waals surface area contributed by atoms with Gasteiger partial charge in [-0.2, -0.15) is 11.8 Å². The van der Waals surface area contributed by atoms with Crippen molar-refractivity contribution in [1.82, 2.24) is 14.5 Å². The number of fused-ring (bicyclic) bond motifs is 4. The number of anilines is 1. The molecule has 1 aliphatic rings. The van der Waals surface area contributed by atoms with Gasteiger partial charge in [0.05, 0.1) is 11.8 Å². The van der Waals surface area contributed by atoms with E-state index in [4.69, 9.17) is 16.6 Å². The van der Waals surface area contributed by atoms with Crippen LogP contribution in [-0.4, -0.2) is 25.2 Å². The SMILES string of the molecule is CC1(C)Cc2nc3sc4c(=O)n(CC(=O)Nc5cccc(Cl)c5)cnc4c3cc2CS1. The lowest BCUT2D eigenvalue weighted by molar-refractivity contribution is -0.116. The first kappa shape index (κ1) is 20.5. The molecule has 0 saturated carbocycles. The van der Waals surface area contributed by atoms with E-state index in [1.165, 1.54) is 27.8 Å². The Morgan fingerprint density at radius 2 is 2.16 bits per heavy atom. The molecule has 0 atom stereocenters. The Balaban J connectivity index is 1.48. The second kappa shape index (κ2) is 7.62. The lowest BCUT2D eigenvalue weighted by atomic mass is 10.0. The molecule has 4 heterocycles. The lowest BCUT2D eigenvalue weighted by Gasteiger charge is -2.29. The fraction of sp³-hybridized carbons (Fsp3) is 0.273. The van der Waals surface area contributed by atoms with Crippen LogP contribution in [0.3, 0.4) is 0 Å². The lowest BCUT2D eigenvalue weighted by Crippen LogP contribution is -2.27. The molecular weight excluding hydrogens is 452 g/mol. The van der Waals surface area contributed by atoms with E-state index in [0.717, 1.165) is 28.1 Å². The number of halogens is 1. The van der Waals surface area contributed by atoms with Crippen molar-refractivity contribution in [3.05, 3.63) is 63.3 Å². The second-order valence-corrected chi connectivity index (χ2v) is 11.3. The van der Waals surface area contributed by atoms with Crippen LogP contribution in [0.1, 0.15) is 25.1 Å². The van der Waals surface area contributed by atoms with Crippen LogP contribution in [0.25, 0.3) is 20.4 Å². The fourth-order valence-corrected chi connectivity index (χ4v) is 6.02. The van der Waals surface area contributed by atoms with Gasteiger partial charge in [-0.3, -0.25) is 14.2 Å². The van der Waals surface area contributed by atoms with E-state index in [9.17, 15) is 9.59 Å². The maximum absolute atomic E-state index is 13.1. The summed E-state index contributed by atoms with van der Waals surface area (Å²) in [6.45, 7) is 4.33. The van der Waals surface area contributed by atoms with Gasteiger partial charge in [-0.1, -0.05) is 31.5 Å². The number of rotatable bonds is 3. The summed E-state index contributed by atoms with van der Waals surface area (Å²) in [5.41, 5.74) is 3.31. The highest BCUT2D eigenvalue weighted by molar-refractivity contribution is 7.99. The number of carbonyl (C=O) groups is 1. The van der Waals surface area contributed by atoms with Gasteiger partial charge in [-0.05, 0) is 29.8 Å². The van der Waals surface area contributed by atoms with Gasteiger partial charge in [0.2, 0.25) is 5.91 Å². The minimum absolute atomic E-state index is 0.128. The zero-order valence-electron chi connectivity index (χ0n) is 16.9. The van der Waals surface area contributed by atoms with Crippen molar-refractivity contribution in [2.45, 2.75) is 37.3 Å². The molecule has 0 radical (unpaired) electrons. The van der Waals surface area contributed by atoms with E-state index < -0.39 is 0 Å². The molecular formula is C22H19ClN4O2S2. The molecule has 0 fully saturated rings. The molecule has 5 rings (SSSR count). The predicted octanol–water partition coefficient (Wildman–Crippen LogP) is 4.87. The summed E-state index contributed by atoms with van der Waals surface area (Å²) in [5.74, 6) is 0.586. The Morgan fingerprint density at radius 1 is 1.32 bits per heavy atom. The van der Waals surface area contributed by atoms with Crippen molar-refractivity contribution >= 4 is 66.7 Å². The third kappa shape index (κ3) is 3.95. The Hall–Kier alpha value is -2.42. The third-order valence-corrected chi connectivity index (χ3v) is 7.93. The standard InChI is InChI=1S/C22H19ClN4O2S2/c1-22(2)8-16-12(10-30-22)6-15-18-19(31-20(15)26-16)21(29)27(11-24-18)9-17(28)25-14-5-3-4-13(23)7-14/h3-7,11H,8-10H2,1-2H3,(H,25,28). The first-order chi connectivity index (χ1) is 14.8. The van der Waals surface area contributed by atoms with Gasteiger partial charge >= 0.3 is 0 Å². The average molecular weight is 471 g/mol. The number of hydrogen-bond donors (Lipinski definition) is 1. The summed E-state index contributed by atoms with van der Waals surface area (Å²) >= 11 is 9.22. The quantitative estimate of drug-likeness (QED) is 0.462.